The summed E-state index contributed by atoms with van der Waals surface area (Å²) in [7, 11) is 0. The van der Waals surface area contributed by atoms with Crippen LogP contribution < -0.4 is 0 Å². The first-order chi connectivity index (χ1) is 7.16. The summed E-state index contributed by atoms with van der Waals surface area (Å²) >= 11 is 0. The maximum absolute atomic E-state index is 11.2. The largest absolute Gasteiger partial charge is 0.307 e. The van der Waals surface area contributed by atoms with Crippen LogP contribution in [0.25, 0.3) is 0 Å². The molecule has 1 aliphatic carbocycles. The predicted molar refractivity (Wildman–Crippen MR) is 51.4 cm³/mol. The van der Waals surface area contributed by atoms with Crippen LogP contribution in [-0.4, -0.2) is 20.5 Å². The van der Waals surface area contributed by atoms with Gasteiger partial charge in [0.15, 0.2) is 0 Å². The fourth-order valence-electron chi connectivity index (χ4n) is 1.85. The monoisotopic (exact) mass is 209 g/mol. The molecule has 0 saturated heterocycles. The van der Waals surface area contributed by atoms with Gasteiger partial charge in [-0.2, -0.15) is 5.10 Å². The summed E-state index contributed by atoms with van der Waals surface area (Å²) in [5.41, 5.74) is -0.0203. The van der Waals surface area contributed by atoms with E-state index in [1.54, 1.807) is 0 Å². The lowest BCUT2D eigenvalue weighted by molar-refractivity contribution is -0.385. The summed E-state index contributed by atoms with van der Waals surface area (Å²) in [6, 6.07) is -0.0000463. The lowest BCUT2D eigenvalue weighted by Gasteiger charge is -2.20. The Kier molecular flexibility index (Phi) is 2.49. The SMILES string of the molecule is O=C1CCCC(n2cc([N+](=O)[O-])cn2)C1. The summed E-state index contributed by atoms with van der Waals surface area (Å²) in [5, 5.41) is 14.4. The molecule has 0 amide bonds. The van der Waals surface area contributed by atoms with Gasteiger partial charge in [0.05, 0.1) is 11.0 Å². The minimum atomic E-state index is -0.478. The van der Waals surface area contributed by atoms with E-state index in [-0.39, 0.29) is 17.5 Å². The Labute approximate surface area is 86.0 Å². The van der Waals surface area contributed by atoms with Gasteiger partial charge in [0.2, 0.25) is 0 Å². The zero-order valence-electron chi connectivity index (χ0n) is 8.13. The topological polar surface area (TPSA) is 78.0 Å². The third-order valence-electron chi connectivity index (χ3n) is 2.63. The first kappa shape index (κ1) is 9.82. The Hall–Kier alpha value is -1.72. The van der Waals surface area contributed by atoms with E-state index in [9.17, 15) is 14.9 Å². The van der Waals surface area contributed by atoms with Crippen LogP contribution >= 0.6 is 0 Å². The van der Waals surface area contributed by atoms with Crippen molar-refractivity contribution in [3.8, 4) is 0 Å². The first-order valence-electron chi connectivity index (χ1n) is 4.87. The standard InChI is InChI=1S/C9H11N3O3/c13-9-3-1-2-7(4-9)11-6-8(5-10-11)12(14)15/h5-7H,1-4H2. The van der Waals surface area contributed by atoms with Gasteiger partial charge in [-0.05, 0) is 12.8 Å². The van der Waals surface area contributed by atoms with Crippen LogP contribution in [0.4, 0.5) is 5.69 Å². The van der Waals surface area contributed by atoms with E-state index >= 15 is 0 Å². The van der Waals surface area contributed by atoms with E-state index in [0.717, 1.165) is 12.8 Å². The highest BCUT2D eigenvalue weighted by Gasteiger charge is 2.22. The van der Waals surface area contributed by atoms with Crippen LogP contribution in [0.5, 0.6) is 0 Å². The number of nitrogens with zero attached hydrogens (tertiary/aromatic N) is 3. The van der Waals surface area contributed by atoms with Crippen molar-refractivity contribution >= 4 is 11.5 Å². The van der Waals surface area contributed by atoms with Crippen LogP contribution in [0.3, 0.4) is 0 Å². The van der Waals surface area contributed by atoms with Gasteiger partial charge < -0.3 is 0 Å². The Balaban J connectivity index is 2.14. The summed E-state index contributed by atoms with van der Waals surface area (Å²) in [6.07, 6.45) is 5.39. The van der Waals surface area contributed by atoms with Crippen molar-refractivity contribution in [2.45, 2.75) is 31.7 Å². The number of carbonyl (C=O) groups excluding carboxylic acids is 1. The summed E-state index contributed by atoms with van der Waals surface area (Å²) in [6.45, 7) is 0. The molecule has 6 nitrogen and oxygen atoms in total. The number of hydrogen-bond donors (Lipinski definition) is 0. The third-order valence-corrected chi connectivity index (χ3v) is 2.63. The lowest BCUT2D eigenvalue weighted by atomic mass is 9.94. The quantitative estimate of drug-likeness (QED) is 0.545. The van der Waals surface area contributed by atoms with E-state index in [1.165, 1.54) is 17.1 Å². The van der Waals surface area contributed by atoms with E-state index in [1.807, 2.05) is 0 Å². The van der Waals surface area contributed by atoms with Gasteiger partial charge in [0.1, 0.15) is 18.2 Å². The molecular weight excluding hydrogens is 198 g/mol. The number of carbonyl (C=O) groups is 1. The summed E-state index contributed by atoms with van der Waals surface area (Å²) in [4.78, 5) is 21.2. The maximum Gasteiger partial charge on any atom is 0.307 e. The van der Waals surface area contributed by atoms with Crippen molar-refractivity contribution in [2.75, 3.05) is 0 Å². The predicted octanol–water partition coefficient (Wildman–Crippen LogP) is 1.48. The third kappa shape index (κ3) is 2.03. The molecule has 1 fully saturated rings. The van der Waals surface area contributed by atoms with Gasteiger partial charge in [0.25, 0.3) is 0 Å². The molecule has 0 aromatic carbocycles. The van der Waals surface area contributed by atoms with Crippen LogP contribution in [0, 0.1) is 10.1 Å². The number of rotatable bonds is 2. The van der Waals surface area contributed by atoms with Crippen molar-refractivity contribution in [1.29, 1.82) is 0 Å². The van der Waals surface area contributed by atoms with Crippen molar-refractivity contribution in [3.05, 3.63) is 22.5 Å². The fourth-order valence-corrected chi connectivity index (χ4v) is 1.85. The van der Waals surface area contributed by atoms with Crippen molar-refractivity contribution in [2.24, 2.45) is 0 Å². The van der Waals surface area contributed by atoms with E-state index in [4.69, 9.17) is 0 Å². The minimum Gasteiger partial charge on any atom is -0.300 e. The minimum absolute atomic E-state index is 0.0000463. The maximum atomic E-state index is 11.2. The normalized spacial score (nSPS) is 21.6. The highest BCUT2D eigenvalue weighted by molar-refractivity contribution is 5.79. The molecule has 0 N–H and O–H groups in total. The first-order valence-corrected chi connectivity index (χ1v) is 4.87. The summed E-state index contributed by atoms with van der Waals surface area (Å²) in [5.74, 6) is 0.212. The van der Waals surface area contributed by atoms with Crippen molar-refractivity contribution in [1.82, 2.24) is 9.78 Å². The molecule has 0 bridgehead atoms. The Morgan fingerprint density at radius 2 is 2.40 bits per heavy atom. The molecule has 1 heterocycles. The Morgan fingerprint density at radius 3 is 3.00 bits per heavy atom. The Bertz CT molecular complexity index is 399. The molecule has 6 heteroatoms. The Morgan fingerprint density at radius 1 is 1.60 bits per heavy atom. The second kappa shape index (κ2) is 3.80. The van der Waals surface area contributed by atoms with Crippen molar-refractivity contribution in [3.63, 3.8) is 0 Å². The molecule has 1 aromatic heterocycles. The molecule has 1 aliphatic rings. The average Bonchev–Trinajstić information content (AvgIpc) is 2.66. The number of nitro groups is 1. The molecule has 1 aromatic rings. The van der Waals surface area contributed by atoms with Crippen LogP contribution in [0.15, 0.2) is 12.4 Å². The van der Waals surface area contributed by atoms with Gasteiger partial charge >= 0.3 is 5.69 Å². The number of ketones is 1. The number of hydrogen-bond acceptors (Lipinski definition) is 4. The van der Waals surface area contributed by atoms with Crippen LogP contribution in [-0.2, 0) is 4.79 Å². The molecule has 2 rings (SSSR count). The van der Waals surface area contributed by atoms with Gasteiger partial charge in [0, 0.05) is 12.8 Å². The average molecular weight is 209 g/mol. The lowest BCUT2D eigenvalue weighted by Crippen LogP contribution is -2.19. The summed E-state index contributed by atoms with van der Waals surface area (Å²) < 4.78 is 1.54. The molecular formula is C9H11N3O3. The number of Topliss-reactive ketones (excluding diaryl/α,β-unsaturated/α-hetero) is 1. The molecule has 15 heavy (non-hydrogen) atoms. The van der Waals surface area contributed by atoms with Gasteiger partial charge in [-0.1, -0.05) is 0 Å². The molecule has 1 saturated carbocycles. The molecule has 1 atom stereocenters. The fraction of sp³-hybridized carbons (Fsp3) is 0.556. The molecule has 80 valence electrons. The molecule has 1 unspecified atom stereocenters. The molecule has 0 spiro atoms. The van der Waals surface area contributed by atoms with Gasteiger partial charge in [-0.25, -0.2) is 0 Å². The van der Waals surface area contributed by atoms with Crippen LogP contribution in [0.2, 0.25) is 0 Å². The van der Waals surface area contributed by atoms with Crippen LogP contribution in [0.1, 0.15) is 31.7 Å². The van der Waals surface area contributed by atoms with E-state index in [2.05, 4.69) is 5.10 Å². The number of aromatic nitrogens is 2. The smallest absolute Gasteiger partial charge is 0.300 e. The van der Waals surface area contributed by atoms with Gasteiger partial charge in [-0.15, -0.1) is 0 Å². The highest BCUT2D eigenvalue weighted by Crippen LogP contribution is 2.26. The second-order valence-electron chi connectivity index (χ2n) is 3.72. The zero-order chi connectivity index (χ0) is 10.8. The zero-order valence-corrected chi connectivity index (χ0v) is 8.13. The van der Waals surface area contributed by atoms with Crippen molar-refractivity contribution < 1.29 is 9.72 Å². The second-order valence-corrected chi connectivity index (χ2v) is 3.72. The molecule has 0 aliphatic heterocycles. The van der Waals surface area contributed by atoms with Gasteiger partial charge in [-0.3, -0.25) is 19.6 Å². The highest BCUT2D eigenvalue weighted by atomic mass is 16.6. The van der Waals surface area contributed by atoms with E-state index in [0.29, 0.717) is 12.8 Å². The molecule has 0 radical (unpaired) electrons. The van der Waals surface area contributed by atoms with E-state index < -0.39 is 4.92 Å².